The molecule has 2 heterocycles. The van der Waals surface area contributed by atoms with Gasteiger partial charge in [0, 0.05) is 23.7 Å². The van der Waals surface area contributed by atoms with Crippen molar-refractivity contribution in [2.75, 3.05) is 25.6 Å². The maximum Gasteiger partial charge on any atom is 0.256 e. The Morgan fingerprint density at radius 3 is 2.70 bits per heavy atom. The molecule has 2 aromatic carbocycles. The first-order valence-electron chi connectivity index (χ1n) is 10.3. The monoisotopic (exact) mass is 426 g/mol. The van der Waals surface area contributed by atoms with Gasteiger partial charge in [0.25, 0.3) is 5.91 Å². The number of carbonyl (C=O) groups is 2. The van der Waals surface area contributed by atoms with Crippen molar-refractivity contribution in [2.45, 2.75) is 31.4 Å². The third-order valence-electron chi connectivity index (χ3n) is 6.10. The van der Waals surface area contributed by atoms with E-state index in [1.54, 1.807) is 36.3 Å². The van der Waals surface area contributed by atoms with Crippen LogP contribution in [-0.4, -0.2) is 49.1 Å². The molecule has 1 N–H and O–H groups in total. The minimum Gasteiger partial charge on any atom is -0.496 e. The summed E-state index contributed by atoms with van der Waals surface area (Å²) < 4.78 is 11.5. The lowest BCUT2D eigenvalue weighted by Crippen LogP contribution is -2.46. The van der Waals surface area contributed by atoms with Crippen molar-refractivity contribution in [3.8, 4) is 16.9 Å². The van der Waals surface area contributed by atoms with Crippen molar-refractivity contribution >= 4 is 29.1 Å². The molecule has 7 heteroatoms. The molecule has 6 nitrogen and oxygen atoms in total. The average Bonchev–Trinajstić information content (AvgIpc) is 3.50. The van der Waals surface area contributed by atoms with E-state index in [9.17, 15) is 9.59 Å². The third-order valence-corrected chi connectivity index (χ3v) is 6.33. The lowest BCUT2D eigenvalue weighted by Gasteiger charge is -2.24. The van der Waals surface area contributed by atoms with Crippen molar-refractivity contribution in [3.63, 3.8) is 0 Å². The zero-order valence-electron chi connectivity index (χ0n) is 16.7. The van der Waals surface area contributed by atoms with Gasteiger partial charge in [0.15, 0.2) is 0 Å². The molecule has 1 saturated carbocycles. The number of hydrogen-bond donors (Lipinski definition) is 1. The molecule has 2 unspecified atom stereocenters. The van der Waals surface area contributed by atoms with Crippen LogP contribution >= 0.6 is 11.6 Å². The second-order valence-electron chi connectivity index (χ2n) is 8.14. The number of fused-ring (bicyclic) bond motifs is 2. The Morgan fingerprint density at radius 1 is 1.10 bits per heavy atom. The van der Waals surface area contributed by atoms with E-state index in [1.807, 2.05) is 12.1 Å². The highest BCUT2D eigenvalue weighted by atomic mass is 35.5. The molecule has 2 aromatic rings. The van der Waals surface area contributed by atoms with Gasteiger partial charge in [0.2, 0.25) is 5.91 Å². The molecule has 2 atom stereocenters. The van der Waals surface area contributed by atoms with Gasteiger partial charge < -0.3 is 19.7 Å². The van der Waals surface area contributed by atoms with Gasteiger partial charge in [-0.3, -0.25) is 9.59 Å². The highest BCUT2D eigenvalue weighted by Crippen LogP contribution is 2.37. The zero-order chi connectivity index (χ0) is 20.8. The van der Waals surface area contributed by atoms with Crippen LogP contribution in [0.1, 0.15) is 29.6 Å². The Kier molecular flexibility index (Phi) is 4.91. The first kappa shape index (κ1) is 19.4. The molecule has 0 aromatic heterocycles. The van der Waals surface area contributed by atoms with Gasteiger partial charge in [0.05, 0.1) is 24.5 Å². The summed E-state index contributed by atoms with van der Waals surface area (Å²) in [4.78, 5) is 28.0. The normalized spacial score (nSPS) is 22.9. The molecule has 5 rings (SSSR count). The van der Waals surface area contributed by atoms with Crippen molar-refractivity contribution in [1.29, 1.82) is 0 Å². The van der Waals surface area contributed by atoms with E-state index >= 15 is 0 Å². The second kappa shape index (κ2) is 7.60. The van der Waals surface area contributed by atoms with E-state index in [0.717, 1.165) is 11.1 Å². The van der Waals surface area contributed by atoms with E-state index in [0.29, 0.717) is 47.5 Å². The molecule has 156 valence electrons. The number of carbonyl (C=O) groups excluding carboxylic acids is 2. The average molecular weight is 427 g/mol. The topological polar surface area (TPSA) is 67.9 Å². The number of halogens is 1. The van der Waals surface area contributed by atoms with Crippen LogP contribution in [0.2, 0.25) is 5.02 Å². The number of rotatable bonds is 5. The van der Waals surface area contributed by atoms with Gasteiger partial charge in [0.1, 0.15) is 11.8 Å². The van der Waals surface area contributed by atoms with E-state index in [1.165, 1.54) is 12.8 Å². The quantitative estimate of drug-likeness (QED) is 0.785. The maximum atomic E-state index is 13.4. The zero-order valence-corrected chi connectivity index (χ0v) is 17.4. The van der Waals surface area contributed by atoms with E-state index < -0.39 is 6.04 Å². The molecule has 30 heavy (non-hydrogen) atoms. The van der Waals surface area contributed by atoms with E-state index in [-0.39, 0.29) is 17.9 Å². The summed E-state index contributed by atoms with van der Waals surface area (Å²) in [7, 11) is 1.60. The van der Waals surface area contributed by atoms with Gasteiger partial charge in [-0.1, -0.05) is 17.7 Å². The predicted molar refractivity (Wildman–Crippen MR) is 114 cm³/mol. The number of benzene rings is 2. The van der Waals surface area contributed by atoms with Gasteiger partial charge in [-0.15, -0.1) is 0 Å². The first-order valence-corrected chi connectivity index (χ1v) is 10.6. The Hall–Kier alpha value is -2.57. The Balaban J connectivity index is 1.48. The van der Waals surface area contributed by atoms with Crippen LogP contribution in [0.4, 0.5) is 5.69 Å². The maximum absolute atomic E-state index is 13.4. The summed E-state index contributed by atoms with van der Waals surface area (Å²) >= 11 is 6.18. The highest BCUT2D eigenvalue weighted by Gasteiger charge is 2.45. The third kappa shape index (κ3) is 3.44. The highest BCUT2D eigenvalue weighted by molar-refractivity contribution is 6.31. The number of methoxy groups -OCH3 is 1. The molecule has 0 spiro atoms. The SMILES string of the molecule is COc1ccc(Cl)cc1-c1ccc2c(c1)C(=O)N1CCC(OCC3CC3)C1C(=O)N2. The Morgan fingerprint density at radius 2 is 1.93 bits per heavy atom. The molecule has 2 amide bonds. The van der Waals surface area contributed by atoms with Crippen LogP contribution in [0.3, 0.4) is 0 Å². The number of nitrogens with one attached hydrogen (secondary N) is 1. The molecule has 1 saturated heterocycles. The van der Waals surface area contributed by atoms with Crippen molar-refractivity contribution in [3.05, 3.63) is 47.0 Å². The number of anilines is 1. The molecule has 3 aliphatic rings. The molecule has 0 bridgehead atoms. The fraction of sp³-hybridized carbons (Fsp3) is 0.391. The van der Waals surface area contributed by atoms with Crippen molar-refractivity contribution < 1.29 is 19.1 Å². The predicted octanol–water partition coefficient (Wildman–Crippen LogP) is 3.98. The van der Waals surface area contributed by atoms with Gasteiger partial charge >= 0.3 is 0 Å². The largest absolute Gasteiger partial charge is 0.496 e. The molecule has 0 radical (unpaired) electrons. The van der Waals surface area contributed by atoms with E-state index in [2.05, 4.69) is 5.32 Å². The van der Waals surface area contributed by atoms with Crippen LogP contribution < -0.4 is 10.1 Å². The Labute approximate surface area is 180 Å². The lowest BCUT2D eigenvalue weighted by molar-refractivity contribution is -0.123. The van der Waals surface area contributed by atoms with Crippen LogP contribution in [-0.2, 0) is 9.53 Å². The van der Waals surface area contributed by atoms with E-state index in [4.69, 9.17) is 21.1 Å². The molecule has 2 aliphatic heterocycles. The molecule has 2 fully saturated rings. The summed E-state index contributed by atoms with van der Waals surface area (Å²) in [5, 5.41) is 3.52. The van der Waals surface area contributed by atoms with Crippen LogP contribution in [0.25, 0.3) is 11.1 Å². The second-order valence-corrected chi connectivity index (χ2v) is 8.58. The summed E-state index contributed by atoms with van der Waals surface area (Å²) in [5.41, 5.74) is 2.58. The summed E-state index contributed by atoms with van der Waals surface area (Å²) in [6, 6.07) is 10.2. The number of hydrogen-bond acceptors (Lipinski definition) is 4. The van der Waals surface area contributed by atoms with Crippen LogP contribution in [0, 0.1) is 5.92 Å². The summed E-state index contributed by atoms with van der Waals surface area (Å²) in [5.74, 6) is 0.926. The summed E-state index contributed by atoms with van der Waals surface area (Å²) in [6.07, 6.45) is 2.80. The van der Waals surface area contributed by atoms with Gasteiger partial charge in [-0.2, -0.15) is 0 Å². The molecule has 1 aliphatic carbocycles. The number of ether oxygens (including phenoxy) is 2. The van der Waals surface area contributed by atoms with Crippen molar-refractivity contribution in [1.82, 2.24) is 4.90 Å². The van der Waals surface area contributed by atoms with Crippen molar-refractivity contribution in [2.24, 2.45) is 5.92 Å². The smallest absolute Gasteiger partial charge is 0.256 e. The number of amides is 2. The minimum atomic E-state index is -0.590. The number of nitrogens with zero attached hydrogens (tertiary/aromatic N) is 1. The van der Waals surface area contributed by atoms with Crippen LogP contribution in [0.15, 0.2) is 36.4 Å². The minimum absolute atomic E-state index is 0.159. The Bertz CT molecular complexity index is 1020. The molecular formula is C23H23ClN2O4. The summed E-state index contributed by atoms with van der Waals surface area (Å²) in [6.45, 7) is 1.18. The molecular weight excluding hydrogens is 404 g/mol. The van der Waals surface area contributed by atoms with Gasteiger partial charge in [-0.05, 0) is 61.1 Å². The fourth-order valence-electron chi connectivity index (χ4n) is 4.29. The lowest BCUT2D eigenvalue weighted by atomic mass is 10.0. The first-order chi connectivity index (χ1) is 14.5. The van der Waals surface area contributed by atoms with Crippen LogP contribution in [0.5, 0.6) is 5.75 Å². The van der Waals surface area contributed by atoms with Gasteiger partial charge in [-0.25, -0.2) is 0 Å². The standard InChI is InChI=1S/C23H23ClN2O4/c1-29-19-7-5-15(24)11-16(19)14-4-6-18-17(10-14)23(28)26-9-8-20(21(26)22(27)25-18)30-12-13-2-3-13/h4-7,10-11,13,20-21H,2-3,8-9,12H2,1H3,(H,25,27). The fourth-order valence-corrected chi connectivity index (χ4v) is 4.46.